The van der Waals surface area contributed by atoms with Crippen LogP contribution < -0.4 is 11.1 Å². The summed E-state index contributed by atoms with van der Waals surface area (Å²) < 4.78 is 13.0. The Kier molecular flexibility index (Phi) is 3.48. The van der Waals surface area contributed by atoms with E-state index in [1.165, 1.54) is 6.07 Å². The molecule has 0 unspecified atom stereocenters. The third-order valence-corrected chi connectivity index (χ3v) is 3.35. The molecular formula is C12H14FN3O3. The first-order valence-corrected chi connectivity index (χ1v) is 5.97. The number of halogens is 1. The fourth-order valence-corrected chi connectivity index (χ4v) is 2.24. The van der Waals surface area contributed by atoms with Crippen LogP contribution in [0.15, 0.2) is 18.2 Å². The number of anilines is 1. The van der Waals surface area contributed by atoms with Crippen molar-refractivity contribution >= 4 is 17.3 Å². The summed E-state index contributed by atoms with van der Waals surface area (Å²) in [6.45, 7) is 0. The number of nitro benzene ring substituents is 1. The maximum atomic E-state index is 13.0. The van der Waals surface area contributed by atoms with Crippen LogP contribution in [0.2, 0.25) is 0 Å². The van der Waals surface area contributed by atoms with Crippen molar-refractivity contribution in [2.45, 2.75) is 31.2 Å². The molecule has 1 saturated carbocycles. The predicted molar refractivity (Wildman–Crippen MR) is 67.1 cm³/mol. The lowest BCUT2D eigenvalue weighted by atomic mass is 9.98. The Morgan fingerprint density at radius 3 is 2.63 bits per heavy atom. The van der Waals surface area contributed by atoms with Crippen molar-refractivity contribution in [3.63, 3.8) is 0 Å². The number of nitrogens with two attached hydrogens (primary N) is 1. The van der Waals surface area contributed by atoms with Gasteiger partial charge in [-0.15, -0.1) is 0 Å². The summed E-state index contributed by atoms with van der Waals surface area (Å²) in [6, 6.07) is 3.00. The fourth-order valence-electron chi connectivity index (χ4n) is 2.24. The van der Waals surface area contributed by atoms with Gasteiger partial charge in [-0.25, -0.2) is 4.39 Å². The number of nitro groups is 1. The molecule has 102 valence electrons. The summed E-state index contributed by atoms with van der Waals surface area (Å²) in [5, 5.41) is 13.2. The van der Waals surface area contributed by atoms with Crippen molar-refractivity contribution in [2.75, 3.05) is 5.32 Å². The van der Waals surface area contributed by atoms with Crippen molar-refractivity contribution in [2.24, 2.45) is 5.73 Å². The zero-order valence-corrected chi connectivity index (χ0v) is 10.2. The molecule has 1 aliphatic carbocycles. The summed E-state index contributed by atoms with van der Waals surface area (Å²) in [5.41, 5.74) is 4.46. The number of benzene rings is 1. The normalized spacial score (nSPS) is 17.2. The zero-order valence-electron chi connectivity index (χ0n) is 10.2. The Bertz CT molecular complexity index is 527. The average molecular weight is 267 g/mol. The summed E-state index contributed by atoms with van der Waals surface area (Å²) in [5.74, 6) is -1.19. The topological polar surface area (TPSA) is 98.3 Å². The molecule has 0 spiro atoms. The highest BCUT2D eigenvalue weighted by Gasteiger charge is 2.37. The number of amides is 1. The number of carbonyl (C=O) groups excluding carboxylic acids is 1. The molecule has 6 nitrogen and oxygen atoms in total. The maximum absolute atomic E-state index is 13.0. The Hall–Kier alpha value is -2.02. The van der Waals surface area contributed by atoms with Crippen LogP contribution in [0.25, 0.3) is 0 Å². The standard InChI is InChI=1S/C12H14FN3O3/c13-8-3-4-9(10(7-8)16(18)19)15-11(17)12(14)5-1-2-6-12/h3-4,7H,1-2,5-6,14H2,(H,15,17). The van der Waals surface area contributed by atoms with Gasteiger partial charge in [0.1, 0.15) is 11.5 Å². The lowest BCUT2D eigenvalue weighted by Gasteiger charge is -2.22. The average Bonchev–Trinajstić information content (AvgIpc) is 2.79. The molecular weight excluding hydrogens is 253 g/mol. The van der Waals surface area contributed by atoms with Crippen molar-refractivity contribution in [3.8, 4) is 0 Å². The number of hydrogen-bond donors (Lipinski definition) is 2. The minimum Gasteiger partial charge on any atom is -0.319 e. The molecule has 1 aliphatic rings. The molecule has 0 aliphatic heterocycles. The first-order chi connectivity index (χ1) is 8.92. The molecule has 0 atom stereocenters. The highest BCUT2D eigenvalue weighted by molar-refractivity contribution is 5.99. The lowest BCUT2D eigenvalue weighted by Crippen LogP contribution is -2.48. The van der Waals surface area contributed by atoms with Gasteiger partial charge >= 0.3 is 0 Å². The Morgan fingerprint density at radius 2 is 2.05 bits per heavy atom. The van der Waals surface area contributed by atoms with Crippen LogP contribution in [0.1, 0.15) is 25.7 Å². The molecule has 2 rings (SSSR count). The van der Waals surface area contributed by atoms with Crippen LogP contribution in [-0.4, -0.2) is 16.4 Å². The molecule has 0 aromatic heterocycles. The van der Waals surface area contributed by atoms with Gasteiger partial charge in [0, 0.05) is 0 Å². The van der Waals surface area contributed by atoms with E-state index < -0.39 is 27.9 Å². The highest BCUT2D eigenvalue weighted by Crippen LogP contribution is 2.30. The second-order valence-corrected chi connectivity index (χ2v) is 4.74. The monoisotopic (exact) mass is 267 g/mol. The number of rotatable bonds is 3. The van der Waals surface area contributed by atoms with Crippen molar-refractivity contribution in [1.29, 1.82) is 0 Å². The van der Waals surface area contributed by atoms with Gasteiger partial charge in [0.15, 0.2) is 0 Å². The predicted octanol–water partition coefficient (Wildman–Crippen LogP) is 1.94. The van der Waals surface area contributed by atoms with E-state index in [-0.39, 0.29) is 5.69 Å². The molecule has 3 N–H and O–H groups in total. The van der Waals surface area contributed by atoms with E-state index in [9.17, 15) is 19.3 Å². The van der Waals surface area contributed by atoms with Crippen molar-refractivity contribution in [3.05, 3.63) is 34.1 Å². The van der Waals surface area contributed by atoms with E-state index in [1.807, 2.05) is 0 Å². The first kappa shape index (κ1) is 13.4. The summed E-state index contributed by atoms with van der Waals surface area (Å²) in [4.78, 5) is 22.1. The van der Waals surface area contributed by atoms with Gasteiger partial charge in [0.05, 0.1) is 16.5 Å². The highest BCUT2D eigenvalue weighted by atomic mass is 19.1. The number of hydrogen-bond acceptors (Lipinski definition) is 4. The molecule has 1 aromatic rings. The fraction of sp³-hybridized carbons (Fsp3) is 0.417. The van der Waals surface area contributed by atoms with Crippen LogP contribution in [0, 0.1) is 15.9 Å². The largest absolute Gasteiger partial charge is 0.319 e. The van der Waals surface area contributed by atoms with E-state index in [1.54, 1.807) is 0 Å². The van der Waals surface area contributed by atoms with Gasteiger partial charge < -0.3 is 11.1 Å². The number of carbonyl (C=O) groups is 1. The molecule has 0 radical (unpaired) electrons. The first-order valence-electron chi connectivity index (χ1n) is 5.97. The van der Waals surface area contributed by atoms with E-state index in [0.717, 1.165) is 25.0 Å². The molecule has 0 bridgehead atoms. The van der Waals surface area contributed by atoms with E-state index in [0.29, 0.717) is 12.8 Å². The molecule has 1 amide bonds. The van der Waals surface area contributed by atoms with Gasteiger partial charge in [-0.1, -0.05) is 12.8 Å². The quantitative estimate of drug-likeness (QED) is 0.645. The number of nitrogens with one attached hydrogen (secondary N) is 1. The second kappa shape index (κ2) is 4.93. The number of nitrogens with zero attached hydrogens (tertiary/aromatic N) is 1. The van der Waals surface area contributed by atoms with Crippen LogP contribution in [0.4, 0.5) is 15.8 Å². The van der Waals surface area contributed by atoms with Crippen molar-refractivity contribution in [1.82, 2.24) is 0 Å². The summed E-state index contributed by atoms with van der Waals surface area (Å²) >= 11 is 0. The lowest BCUT2D eigenvalue weighted by molar-refractivity contribution is -0.384. The van der Waals surface area contributed by atoms with Crippen molar-refractivity contribution < 1.29 is 14.1 Å². The third-order valence-electron chi connectivity index (χ3n) is 3.35. The molecule has 0 heterocycles. The second-order valence-electron chi connectivity index (χ2n) is 4.74. The minimum absolute atomic E-state index is 0.0341. The molecule has 19 heavy (non-hydrogen) atoms. The van der Waals surface area contributed by atoms with E-state index >= 15 is 0 Å². The van der Waals surface area contributed by atoms with Gasteiger partial charge in [-0.05, 0) is 25.0 Å². The van der Waals surface area contributed by atoms with E-state index in [4.69, 9.17) is 5.73 Å². The Labute approximate surface area is 108 Å². The van der Waals surface area contributed by atoms with Crippen LogP contribution in [-0.2, 0) is 4.79 Å². The SMILES string of the molecule is NC1(C(=O)Nc2ccc(F)cc2[N+](=O)[O-])CCCC1. The summed E-state index contributed by atoms with van der Waals surface area (Å²) in [7, 11) is 0. The molecule has 1 fully saturated rings. The van der Waals surface area contributed by atoms with Gasteiger partial charge in [-0.2, -0.15) is 0 Å². The zero-order chi connectivity index (χ0) is 14.0. The molecule has 0 saturated heterocycles. The van der Waals surface area contributed by atoms with Gasteiger partial charge in [-0.3, -0.25) is 14.9 Å². The maximum Gasteiger partial charge on any atom is 0.295 e. The smallest absolute Gasteiger partial charge is 0.295 e. The van der Waals surface area contributed by atoms with Crippen LogP contribution in [0.3, 0.4) is 0 Å². The summed E-state index contributed by atoms with van der Waals surface area (Å²) in [6.07, 6.45) is 2.81. The van der Waals surface area contributed by atoms with Crippen LogP contribution in [0.5, 0.6) is 0 Å². The van der Waals surface area contributed by atoms with Crippen LogP contribution >= 0.6 is 0 Å². The van der Waals surface area contributed by atoms with Gasteiger partial charge in [0.25, 0.3) is 5.69 Å². The Morgan fingerprint density at radius 1 is 1.42 bits per heavy atom. The molecule has 1 aromatic carbocycles. The van der Waals surface area contributed by atoms with Gasteiger partial charge in [0.2, 0.25) is 5.91 Å². The minimum atomic E-state index is -0.984. The Balaban J connectivity index is 2.23. The third kappa shape index (κ3) is 2.70. The van der Waals surface area contributed by atoms with E-state index in [2.05, 4.69) is 5.32 Å². The molecule has 7 heteroatoms.